The lowest BCUT2D eigenvalue weighted by atomic mass is 9.86. The van der Waals surface area contributed by atoms with E-state index in [0.29, 0.717) is 5.95 Å². The molecule has 3 aromatic heterocycles. The fraction of sp³-hybridized carbons (Fsp3) is 0.154. The molecule has 7 aromatic carbocycles. The van der Waals surface area contributed by atoms with Crippen LogP contribution < -0.4 is 0 Å². The predicted molar refractivity (Wildman–Crippen MR) is 236 cm³/mol. The maximum absolute atomic E-state index is 5.33. The van der Waals surface area contributed by atoms with E-state index in [1.54, 1.807) is 0 Å². The molecule has 272 valence electrons. The van der Waals surface area contributed by atoms with Crippen LogP contribution >= 0.6 is 0 Å². The Kier molecular flexibility index (Phi) is 7.59. The van der Waals surface area contributed by atoms with E-state index in [0.717, 1.165) is 33.2 Å². The van der Waals surface area contributed by atoms with Gasteiger partial charge in [-0.1, -0.05) is 133 Å². The summed E-state index contributed by atoms with van der Waals surface area (Å²) in [6.07, 6.45) is 0. The molecule has 0 aliphatic carbocycles. The topological polar surface area (TPSA) is 35.6 Å². The van der Waals surface area contributed by atoms with E-state index in [9.17, 15) is 0 Å². The second-order valence-electron chi connectivity index (χ2n) is 17.2. The van der Waals surface area contributed by atoms with Crippen LogP contribution in [0.3, 0.4) is 0 Å². The monoisotopic (exact) mass is 724 g/mol. The number of hydrogen-bond acceptors (Lipinski definition) is 2. The molecule has 0 saturated heterocycles. The maximum atomic E-state index is 5.33. The first kappa shape index (κ1) is 34.0. The third kappa shape index (κ3) is 5.51. The van der Waals surface area contributed by atoms with Crippen LogP contribution in [-0.2, 0) is 10.8 Å². The fourth-order valence-electron chi connectivity index (χ4n) is 8.39. The van der Waals surface area contributed by atoms with Crippen LogP contribution in [0.4, 0.5) is 0 Å². The molecule has 0 fully saturated rings. The van der Waals surface area contributed by atoms with Crippen LogP contribution in [0, 0.1) is 0 Å². The van der Waals surface area contributed by atoms with Gasteiger partial charge in [0.1, 0.15) is 0 Å². The summed E-state index contributed by atoms with van der Waals surface area (Å²) in [7, 11) is 0. The zero-order valence-corrected chi connectivity index (χ0v) is 32.8. The number of benzene rings is 7. The first-order chi connectivity index (χ1) is 27.0. The Hall–Kier alpha value is -6.52. The number of nitrogens with zero attached hydrogens (tertiary/aromatic N) is 4. The summed E-state index contributed by atoms with van der Waals surface area (Å²) in [6, 6.07) is 57.3. The molecular formula is C52H44N4. The van der Waals surface area contributed by atoms with Crippen molar-refractivity contribution in [1.82, 2.24) is 19.1 Å². The van der Waals surface area contributed by atoms with Gasteiger partial charge in [0.05, 0.1) is 33.3 Å². The molecule has 10 rings (SSSR count). The lowest BCUT2D eigenvalue weighted by molar-refractivity contribution is 0.591. The van der Waals surface area contributed by atoms with Crippen molar-refractivity contribution in [3.8, 4) is 34.0 Å². The zero-order valence-electron chi connectivity index (χ0n) is 32.8. The Bertz CT molecular complexity index is 3130. The third-order valence-corrected chi connectivity index (χ3v) is 11.4. The Morgan fingerprint density at radius 2 is 0.839 bits per heavy atom. The second-order valence-corrected chi connectivity index (χ2v) is 17.2. The van der Waals surface area contributed by atoms with E-state index in [2.05, 4.69) is 202 Å². The van der Waals surface area contributed by atoms with Gasteiger partial charge in [-0.3, -0.25) is 4.57 Å². The van der Waals surface area contributed by atoms with Gasteiger partial charge in [0.15, 0.2) is 0 Å². The van der Waals surface area contributed by atoms with Crippen molar-refractivity contribution in [2.75, 3.05) is 0 Å². The largest absolute Gasteiger partial charge is 0.309 e. The molecule has 0 N–H and O–H groups in total. The molecule has 0 aliphatic rings. The van der Waals surface area contributed by atoms with Gasteiger partial charge in [-0.05, 0) is 99.8 Å². The summed E-state index contributed by atoms with van der Waals surface area (Å²) in [5.74, 6) is 0.670. The molecule has 0 saturated carbocycles. The standard InChI is InChI=1S/C52H44N4/c1-51(2,3)36-23-27-46-42(31-36)40-29-34(21-25-45(40)55(46)38-17-11-8-12-18-38)35-22-26-47-41(30-35)43-32-37(52(4,5)6)24-28-48(43)56(47)50-53-44-20-14-13-19-39(44)49(54-50)33-15-9-7-10-16-33/h7-32H,1-6H3. The van der Waals surface area contributed by atoms with Crippen molar-refractivity contribution in [1.29, 1.82) is 0 Å². The van der Waals surface area contributed by atoms with E-state index in [1.165, 1.54) is 60.5 Å². The summed E-state index contributed by atoms with van der Waals surface area (Å²) in [5.41, 5.74) is 13.7. The van der Waals surface area contributed by atoms with Crippen LogP contribution in [-0.4, -0.2) is 19.1 Å². The van der Waals surface area contributed by atoms with Crippen LogP contribution in [0.2, 0.25) is 0 Å². The minimum atomic E-state index is -0.00986. The van der Waals surface area contributed by atoms with Crippen molar-refractivity contribution >= 4 is 54.5 Å². The van der Waals surface area contributed by atoms with Gasteiger partial charge in [0.2, 0.25) is 5.95 Å². The average Bonchev–Trinajstić information content (AvgIpc) is 3.72. The zero-order chi connectivity index (χ0) is 38.3. The molecule has 0 aliphatic heterocycles. The Morgan fingerprint density at radius 3 is 1.39 bits per heavy atom. The van der Waals surface area contributed by atoms with Crippen molar-refractivity contribution < 1.29 is 0 Å². The van der Waals surface area contributed by atoms with Gasteiger partial charge >= 0.3 is 0 Å². The van der Waals surface area contributed by atoms with E-state index in [1.807, 2.05) is 6.07 Å². The van der Waals surface area contributed by atoms with Crippen molar-refractivity contribution in [2.24, 2.45) is 0 Å². The molecule has 0 radical (unpaired) electrons. The highest BCUT2D eigenvalue weighted by atomic mass is 15.2. The number of rotatable bonds is 4. The first-order valence-corrected chi connectivity index (χ1v) is 19.6. The highest BCUT2D eigenvalue weighted by molar-refractivity contribution is 6.13. The van der Waals surface area contributed by atoms with Gasteiger partial charge in [0.25, 0.3) is 0 Å². The molecule has 10 aromatic rings. The highest BCUT2D eigenvalue weighted by Crippen LogP contribution is 2.41. The average molecular weight is 725 g/mol. The SMILES string of the molecule is CC(C)(C)c1ccc2c(c1)c1cc(-c3ccc4c(c3)c3cc(C(C)(C)C)ccc3n4-c3nc(-c4ccccc4)c4ccccc4n3)ccc1n2-c1ccccc1. The number of hydrogen-bond donors (Lipinski definition) is 0. The lowest BCUT2D eigenvalue weighted by Gasteiger charge is -2.19. The summed E-state index contributed by atoms with van der Waals surface area (Å²) >= 11 is 0. The minimum absolute atomic E-state index is 0.00986. The molecule has 3 heterocycles. The van der Waals surface area contributed by atoms with E-state index < -0.39 is 0 Å². The van der Waals surface area contributed by atoms with Crippen molar-refractivity contribution in [3.63, 3.8) is 0 Å². The van der Waals surface area contributed by atoms with E-state index in [-0.39, 0.29) is 10.8 Å². The van der Waals surface area contributed by atoms with Gasteiger partial charge in [0, 0.05) is 38.2 Å². The predicted octanol–water partition coefficient (Wildman–Crippen LogP) is 13.8. The summed E-state index contributed by atoms with van der Waals surface area (Å²) < 4.78 is 4.66. The van der Waals surface area contributed by atoms with Crippen LogP contribution in [0.1, 0.15) is 52.7 Å². The molecule has 0 atom stereocenters. The molecule has 4 nitrogen and oxygen atoms in total. The number of para-hydroxylation sites is 2. The van der Waals surface area contributed by atoms with Gasteiger partial charge in [-0.15, -0.1) is 0 Å². The van der Waals surface area contributed by atoms with E-state index >= 15 is 0 Å². The Balaban J connectivity index is 1.22. The fourth-order valence-corrected chi connectivity index (χ4v) is 8.39. The number of fused-ring (bicyclic) bond motifs is 7. The molecule has 4 heteroatoms. The smallest absolute Gasteiger partial charge is 0.235 e. The normalized spacial score (nSPS) is 12.5. The Morgan fingerprint density at radius 1 is 0.375 bits per heavy atom. The van der Waals surface area contributed by atoms with Crippen LogP contribution in [0.25, 0.3) is 88.5 Å². The first-order valence-electron chi connectivity index (χ1n) is 19.6. The maximum Gasteiger partial charge on any atom is 0.235 e. The molecule has 0 unspecified atom stereocenters. The third-order valence-electron chi connectivity index (χ3n) is 11.4. The summed E-state index contributed by atoms with van der Waals surface area (Å²) in [5, 5.41) is 5.95. The molecule has 0 amide bonds. The number of aromatic nitrogens is 4. The molecule has 0 spiro atoms. The second kappa shape index (κ2) is 12.5. The van der Waals surface area contributed by atoms with E-state index in [4.69, 9.17) is 9.97 Å². The molecule has 56 heavy (non-hydrogen) atoms. The lowest BCUT2D eigenvalue weighted by Crippen LogP contribution is -2.10. The van der Waals surface area contributed by atoms with Crippen molar-refractivity contribution in [3.05, 3.63) is 169 Å². The van der Waals surface area contributed by atoms with Crippen LogP contribution in [0.15, 0.2) is 158 Å². The quantitative estimate of drug-likeness (QED) is 0.181. The Labute approximate surface area is 327 Å². The van der Waals surface area contributed by atoms with Gasteiger partial charge < -0.3 is 4.57 Å². The minimum Gasteiger partial charge on any atom is -0.309 e. The van der Waals surface area contributed by atoms with Gasteiger partial charge in [-0.2, -0.15) is 0 Å². The molecular weight excluding hydrogens is 681 g/mol. The highest BCUT2D eigenvalue weighted by Gasteiger charge is 2.22. The van der Waals surface area contributed by atoms with Crippen LogP contribution in [0.5, 0.6) is 0 Å². The summed E-state index contributed by atoms with van der Waals surface area (Å²) in [6.45, 7) is 13.7. The van der Waals surface area contributed by atoms with Gasteiger partial charge in [-0.25, -0.2) is 9.97 Å². The van der Waals surface area contributed by atoms with Crippen molar-refractivity contribution in [2.45, 2.75) is 52.4 Å². The molecule has 0 bridgehead atoms. The summed E-state index contributed by atoms with van der Waals surface area (Å²) in [4.78, 5) is 10.5.